The fourth-order valence-corrected chi connectivity index (χ4v) is 17.3. The molecule has 4 aliphatic carbocycles. The van der Waals surface area contributed by atoms with E-state index >= 15 is 0 Å². The molecule has 8 aromatic rings. The molecule has 16 rings (SSSR count). The van der Waals surface area contributed by atoms with Crippen LogP contribution >= 0.6 is 23.2 Å². The van der Waals surface area contributed by atoms with Crippen LogP contribution in [0.5, 0.6) is 46.0 Å². The third kappa shape index (κ3) is 23.7. The third-order valence-electron chi connectivity index (χ3n) is 24.2. The van der Waals surface area contributed by atoms with E-state index < -0.39 is 35.9 Å². The number of fused-ring (bicyclic) bond motifs is 4. The number of amides is 12. The summed E-state index contributed by atoms with van der Waals surface area (Å²) in [6, 6.07) is 36.6. The first-order valence-electron chi connectivity index (χ1n) is 45.3. The Kier molecular flexibility index (Phi) is 33.3. The molecule has 12 amide bonds. The SMILES string of the molecule is CCOc1cc([C@@H](CC(=O)NO)N2Cc3c(Cl)ccc(NC(=O)C4CC4)c3C2=O)ccc1OC.CCOc1cc([C@@H](CC(=O)NOC(C)=O)N2Cc3c(Cl)ccc(NC(=O)C4CC4)c3C2=O)ccc1OC.CCOc1cc([C@H](CCN)N2Cc3cccc(NC(=O)C4CC4)c3C2=O)ccc1OC.CCOc1cc([C@H](CCNC(N)=O)N2Cc3cccc(NC(=O)C4CC4)c3C2=O)ccc1OC. The number of nitrogens with two attached hydrogens (primary N) is 2. The summed E-state index contributed by atoms with van der Waals surface area (Å²) in [7, 11) is 6.22. The first-order chi connectivity index (χ1) is 65.6. The Morgan fingerprint density at radius 1 is 0.412 bits per heavy atom. The summed E-state index contributed by atoms with van der Waals surface area (Å²) in [6.07, 6.45) is 7.55. The van der Waals surface area contributed by atoms with Crippen LogP contribution in [0.3, 0.4) is 0 Å². The average Bonchev–Trinajstić information content (AvgIpc) is 1.62. The number of carbonyl (C=O) groups excluding carboxylic acids is 12. The summed E-state index contributed by atoms with van der Waals surface area (Å²) in [6.45, 7) is 12.2. The summed E-state index contributed by atoms with van der Waals surface area (Å²) in [5, 5.41) is 24.2. The number of benzene rings is 8. The maximum Gasteiger partial charge on any atom is 0.329 e. The number of anilines is 4. The lowest BCUT2D eigenvalue weighted by Crippen LogP contribution is -2.35. The maximum absolute atomic E-state index is 13.8. The molecule has 136 heavy (non-hydrogen) atoms. The van der Waals surface area contributed by atoms with Gasteiger partial charge in [0.15, 0.2) is 46.0 Å². The predicted octanol–water partition coefficient (Wildman–Crippen LogP) is 14.2. The second-order valence-corrected chi connectivity index (χ2v) is 34.3. The van der Waals surface area contributed by atoms with Crippen LogP contribution in [0.25, 0.3) is 0 Å². The molecule has 0 aromatic heterocycles. The maximum atomic E-state index is 13.8. The molecule has 4 saturated carbocycles. The Hall–Kier alpha value is -13.9. The van der Waals surface area contributed by atoms with Crippen LogP contribution in [0, 0.1) is 23.7 Å². The molecule has 720 valence electrons. The Morgan fingerprint density at radius 2 is 0.728 bits per heavy atom. The summed E-state index contributed by atoms with van der Waals surface area (Å²) < 4.78 is 44.3. The molecule has 35 nitrogen and oxygen atoms in total. The van der Waals surface area contributed by atoms with Gasteiger partial charge in [-0.1, -0.05) is 71.7 Å². The lowest BCUT2D eigenvalue weighted by atomic mass is 10.0. The Morgan fingerprint density at radius 3 is 1.04 bits per heavy atom. The van der Waals surface area contributed by atoms with Gasteiger partial charge in [-0.05, 0) is 217 Å². The van der Waals surface area contributed by atoms with Gasteiger partial charge in [0.2, 0.25) is 29.5 Å². The standard InChI is InChI=1S/C26H28ClN3O7.C25H30N4O5.C24H26ClN3O6.C24H29N3O4/c1-4-36-22-11-16(7-10-21(22)35-3)20(12-23(32)29-37-14(2)31)30-13-17-18(27)8-9-19(24(17)26(30)34)28-25(33)15-5-6-15;1-3-34-21-13-16(9-10-20(21)33-2)19(11-12-27-25(26)32)29-14-17-5-4-6-18(22(17)24(29)31)28-23(30)15-7-8-15;1-3-34-20-10-14(6-9-19(20)33-2)18(11-21(29)27-32)28-12-15-16(25)7-8-17(22(15)24(28)31)26-23(30)13-4-5-13;1-3-31-21-13-16(9-10-20(21)30-2)19(11-12-25)27-14-17-5-4-6-18(22(17)24(27)29)26-23(28)15-7-8-15/h7-11,15,20H,4-6,12-13H2,1-3H3,(H,28,33)(H,29,32);4-6,9-10,13,15,19H,3,7-8,11-12,14H2,1-2H3,(H,28,30)(H3,26,27,32);6-10,13,18,32H,3-5,11-12H2,1-2H3,(H,26,30)(H,27,29);4-6,9-10,13,15,19H,3,7-8,11-12,14,25H2,1-2H3,(H,26,28)/t20-;19-;18-;19-/m1010/s1. The normalized spacial score (nSPS) is 15.5. The van der Waals surface area contributed by atoms with Crippen molar-refractivity contribution in [1.82, 2.24) is 35.9 Å². The Labute approximate surface area is 796 Å². The molecule has 0 unspecified atom stereocenters. The van der Waals surface area contributed by atoms with Crippen LogP contribution in [0.2, 0.25) is 10.0 Å². The van der Waals surface area contributed by atoms with E-state index in [0.29, 0.717) is 189 Å². The molecule has 4 aliphatic heterocycles. The van der Waals surface area contributed by atoms with Gasteiger partial charge in [-0.2, -0.15) is 5.48 Å². The van der Waals surface area contributed by atoms with Crippen LogP contribution in [0.4, 0.5) is 27.5 Å². The van der Waals surface area contributed by atoms with E-state index in [4.69, 9.17) is 77.8 Å². The van der Waals surface area contributed by atoms with Crippen LogP contribution in [-0.2, 0) is 64.6 Å². The fourth-order valence-electron chi connectivity index (χ4n) is 16.9. The minimum Gasteiger partial charge on any atom is -0.493 e. The number of ether oxygens (including phenoxy) is 8. The van der Waals surface area contributed by atoms with Gasteiger partial charge >= 0.3 is 12.0 Å². The summed E-state index contributed by atoms with van der Waals surface area (Å²) in [5.41, 5.74) is 24.5. The van der Waals surface area contributed by atoms with Crippen molar-refractivity contribution < 1.29 is 105 Å². The number of carbonyl (C=O) groups is 12. The molecule has 0 radical (unpaired) electrons. The van der Waals surface area contributed by atoms with Gasteiger partial charge in [-0.3, -0.25) is 57.9 Å². The second kappa shape index (κ2) is 45.4. The van der Waals surface area contributed by atoms with E-state index in [1.165, 1.54) is 24.0 Å². The molecule has 8 aliphatic rings. The highest BCUT2D eigenvalue weighted by Gasteiger charge is 2.45. The zero-order chi connectivity index (χ0) is 97.3. The lowest BCUT2D eigenvalue weighted by molar-refractivity contribution is -0.156. The third-order valence-corrected chi connectivity index (χ3v) is 24.9. The average molecular weight is 1910 g/mol. The number of halogens is 2. The molecular weight excluding hydrogens is 1790 g/mol. The predicted molar refractivity (Wildman–Crippen MR) is 503 cm³/mol. The number of primary amides is 1. The first-order valence-corrected chi connectivity index (χ1v) is 46.0. The number of rotatable bonds is 37. The molecule has 37 heteroatoms. The monoisotopic (exact) mass is 1910 g/mol. The second-order valence-electron chi connectivity index (χ2n) is 33.5. The smallest absolute Gasteiger partial charge is 0.329 e. The number of nitrogens with zero attached hydrogens (tertiary/aromatic N) is 4. The van der Waals surface area contributed by atoms with Crippen molar-refractivity contribution in [3.8, 4) is 46.0 Å². The lowest BCUT2D eigenvalue weighted by Gasteiger charge is -2.29. The molecule has 0 spiro atoms. The van der Waals surface area contributed by atoms with Crippen molar-refractivity contribution in [1.29, 1.82) is 0 Å². The molecule has 4 heterocycles. The van der Waals surface area contributed by atoms with E-state index in [1.54, 1.807) is 97.4 Å². The zero-order valence-electron chi connectivity index (χ0n) is 77.1. The van der Waals surface area contributed by atoms with E-state index in [9.17, 15) is 57.5 Å². The fraction of sp³-hybridized carbons (Fsp3) is 0.394. The van der Waals surface area contributed by atoms with Crippen molar-refractivity contribution in [3.63, 3.8) is 0 Å². The largest absolute Gasteiger partial charge is 0.493 e. The van der Waals surface area contributed by atoms with E-state index in [1.807, 2.05) is 93.3 Å². The Bertz CT molecular complexity index is 5860. The van der Waals surface area contributed by atoms with Crippen molar-refractivity contribution in [2.75, 3.05) is 89.2 Å². The van der Waals surface area contributed by atoms with Gasteiger partial charge < -0.3 is 100 Å². The van der Waals surface area contributed by atoms with Crippen LogP contribution < -0.4 is 86.9 Å². The topological polar surface area (TPSA) is 457 Å². The first kappa shape index (κ1) is 99.6. The van der Waals surface area contributed by atoms with Crippen molar-refractivity contribution in [3.05, 3.63) is 210 Å². The molecule has 12 N–H and O–H groups in total. The van der Waals surface area contributed by atoms with Gasteiger partial charge in [0.1, 0.15) is 0 Å². The van der Waals surface area contributed by atoms with E-state index in [0.717, 1.165) is 80.5 Å². The van der Waals surface area contributed by atoms with Gasteiger partial charge in [0.05, 0.1) is 137 Å². The van der Waals surface area contributed by atoms with Crippen molar-refractivity contribution >= 4 is 117 Å². The zero-order valence-corrected chi connectivity index (χ0v) is 78.6. The summed E-state index contributed by atoms with van der Waals surface area (Å²) in [4.78, 5) is 163. The minimum atomic E-state index is -0.774. The number of hydrogen-bond acceptors (Lipinski definition) is 23. The van der Waals surface area contributed by atoms with E-state index in [2.05, 4.69) is 36.9 Å². The van der Waals surface area contributed by atoms with Crippen LogP contribution in [0.1, 0.15) is 222 Å². The highest BCUT2D eigenvalue weighted by Crippen LogP contribution is 2.48. The number of nitrogens with one attached hydrogen (secondary N) is 7. The van der Waals surface area contributed by atoms with Gasteiger partial charge in [0, 0.05) is 84.5 Å². The van der Waals surface area contributed by atoms with Crippen LogP contribution in [-0.4, -0.2) is 164 Å². The molecule has 8 aromatic carbocycles. The molecule has 0 saturated heterocycles. The van der Waals surface area contributed by atoms with Gasteiger partial charge in [0.25, 0.3) is 29.5 Å². The number of urea groups is 1. The van der Waals surface area contributed by atoms with Gasteiger partial charge in [-0.15, -0.1) is 0 Å². The number of hydroxylamine groups is 2. The Balaban J connectivity index is 0.000000154. The van der Waals surface area contributed by atoms with Crippen LogP contribution in [0.15, 0.2) is 133 Å². The number of methoxy groups -OCH3 is 4. The highest BCUT2D eigenvalue weighted by atomic mass is 35.5. The van der Waals surface area contributed by atoms with Crippen molar-refractivity contribution in [2.24, 2.45) is 35.1 Å². The molecular formula is C99H113Cl2N13O22. The van der Waals surface area contributed by atoms with Crippen molar-refractivity contribution in [2.45, 2.75) is 162 Å². The molecule has 4 fully saturated rings. The van der Waals surface area contributed by atoms with E-state index in [-0.39, 0.29) is 109 Å². The highest BCUT2D eigenvalue weighted by molar-refractivity contribution is 6.33. The molecule has 0 bridgehead atoms. The molecule has 4 atom stereocenters. The summed E-state index contributed by atoms with van der Waals surface area (Å²) in [5.74, 6) is 1.18. The minimum absolute atomic E-state index is 0.00494. The quantitative estimate of drug-likeness (QED) is 0.0128. The van der Waals surface area contributed by atoms with Gasteiger partial charge in [-0.25, -0.2) is 10.3 Å². The number of hydrogen-bond donors (Lipinski definition) is 10. The summed E-state index contributed by atoms with van der Waals surface area (Å²) >= 11 is 12.9.